The van der Waals surface area contributed by atoms with E-state index in [2.05, 4.69) is 12.6 Å². The number of hydrogen-bond donors (Lipinski definition) is 1. The van der Waals surface area contributed by atoms with Gasteiger partial charge in [0.05, 0.1) is 15.5 Å². The maximum absolute atomic E-state index is 12.3. The summed E-state index contributed by atoms with van der Waals surface area (Å²) < 4.78 is 37.0. The second-order valence-electron chi connectivity index (χ2n) is 2.58. The smallest absolute Gasteiger partial charge is 0.258 e. The molecule has 0 atom stereocenters. The lowest BCUT2D eigenvalue weighted by atomic mass is 10.2. The van der Waals surface area contributed by atoms with Crippen LogP contribution in [0.3, 0.4) is 0 Å². The van der Waals surface area contributed by atoms with Crippen LogP contribution < -0.4 is 0 Å². The van der Waals surface area contributed by atoms with Crippen LogP contribution in [0.5, 0.6) is 0 Å². The van der Waals surface area contributed by atoms with Gasteiger partial charge in [-0.05, 0) is 0 Å². The van der Waals surface area contributed by atoms with Gasteiger partial charge in [-0.2, -0.15) is 13.2 Å². The van der Waals surface area contributed by atoms with E-state index < -0.39 is 27.4 Å². The van der Waals surface area contributed by atoms with Crippen molar-refractivity contribution in [2.24, 2.45) is 0 Å². The van der Waals surface area contributed by atoms with E-state index in [4.69, 9.17) is 11.6 Å². The van der Waals surface area contributed by atoms with Gasteiger partial charge >= 0.3 is 6.18 Å². The Morgan fingerprint density at radius 3 is 2.33 bits per heavy atom. The van der Waals surface area contributed by atoms with Crippen molar-refractivity contribution < 1.29 is 18.1 Å². The molecular weight excluding hydrogens is 255 g/mol. The molecule has 0 unspecified atom stereocenters. The van der Waals surface area contributed by atoms with Gasteiger partial charge in [0.15, 0.2) is 0 Å². The third kappa shape index (κ3) is 2.54. The fraction of sp³-hybridized carbons (Fsp3) is 0.143. The van der Waals surface area contributed by atoms with Crippen LogP contribution in [0.25, 0.3) is 0 Å². The molecule has 8 heteroatoms. The predicted molar refractivity (Wildman–Crippen MR) is 50.4 cm³/mol. The molecule has 0 amide bonds. The number of nitrogens with zero attached hydrogens (tertiary/aromatic N) is 1. The van der Waals surface area contributed by atoms with E-state index in [-0.39, 0.29) is 4.90 Å². The fourth-order valence-electron chi connectivity index (χ4n) is 0.906. The average molecular weight is 258 g/mol. The van der Waals surface area contributed by atoms with Crippen LogP contribution in [0.1, 0.15) is 5.56 Å². The van der Waals surface area contributed by atoms with E-state index in [1.54, 1.807) is 0 Å². The van der Waals surface area contributed by atoms with Gasteiger partial charge in [-0.25, -0.2) is 0 Å². The summed E-state index contributed by atoms with van der Waals surface area (Å²) in [6.45, 7) is 0. The van der Waals surface area contributed by atoms with Crippen molar-refractivity contribution in [1.29, 1.82) is 0 Å². The Morgan fingerprint density at radius 1 is 1.40 bits per heavy atom. The minimum Gasteiger partial charge on any atom is -0.258 e. The van der Waals surface area contributed by atoms with Gasteiger partial charge in [0.25, 0.3) is 5.69 Å². The third-order valence-electron chi connectivity index (χ3n) is 1.55. The number of halogens is 4. The lowest BCUT2D eigenvalue weighted by Gasteiger charge is -2.09. The first-order valence-corrected chi connectivity index (χ1v) is 4.30. The molecule has 0 radical (unpaired) electrons. The van der Waals surface area contributed by atoms with E-state index in [0.29, 0.717) is 6.07 Å². The highest BCUT2D eigenvalue weighted by Gasteiger charge is 2.35. The van der Waals surface area contributed by atoms with Crippen molar-refractivity contribution in [3.63, 3.8) is 0 Å². The molecule has 0 saturated heterocycles. The van der Waals surface area contributed by atoms with Gasteiger partial charge < -0.3 is 0 Å². The summed E-state index contributed by atoms with van der Waals surface area (Å²) in [4.78, 5) is 9.09. The summed E-state index contributed by atoms with van der Waals surface area (Å²) >= 11 is 8.96. The SMILES string of the molecule is O=[N+]([O-])c1cc(S)c(Cl)c(C(F)(F)F)c1. The quantitative estimate of drug-likeness (QED) is 0.475. The number of nitro benzene ring substituents is 1. The Labute approximate surface area is 92.4 Å². The molecule has 0 fully saturated rings. The molecule has 82 valence electrons. The Balaban J connectivity index is 3.45. The van der Waals surface area contributed by atoms with Crippen LogP contribution in [0.4, 0.5) is 18.9 Å². The molecule has 0 saturated carbocycles. The van der Waals surface area contributed by atoms with E-state index >= 15 is 0 Å². The van der Waals surface area contributed by atoms with Gasteiger partial charge in [-0.3, -0.25) is 10.1 Å². The average Bonchev–Trinajstić information content (AvgIpc) is 2.06. The number of nitro groups is 1. The van der Waals surface area contributed by atoms with E-state index in [0.717, 1.165) is 6.07 Å². The summed E-state index contributed by atoms with van der Waals surface area (Å²) in [5.74, 6) is 0. The molecule has 0 aromatic heterocycles. The lowest BCUT2D eigenvalue weighted by Crippen LogP contribution is -2.07. The Hall–Kier alpha value is -0.950. The second kappa shape index (κ2) is 3.90. The summed E-state index contributed by atoms with van der Waals surface area (Å²) in [6.07, 6.45) is -4.74. The summed E-state index contributed by atoms with van der Waals surface area (Å²) in [7, 11) is 0. The number of hydrogen-bond acceptors (Lipinski definition) is 3. The molecule has 0 spiro atoms. The first kappa shape index (κ1) is 12.1. The molecule has 0 bridgehead atoms. The number of alkyl halides is 3. The van der Waals surface area contributed by atoms with Gasteiger partial charge in [0, 0.05) is 17.0 Å². The van der Waals surface area contributed by atoms with Crippen LogP contribution >= 0.6 is 24.2 Å². The Bertz CT molecular complexity index is 421. The van der Waals surface area contributed by atoms with E-state index in [9.17, 15) is 23.3 Å². The molecule has 0 heterocycles. The molecule has 0 aliphatic carbocycles. The molecule has 1 rings (SSSR count). The highest BCUT2D eigenvalue weighted by molar-refractivity contribution is 7.80. The summed E-state index contributed by atoms with van der Waals surface area (Å²) in [5, 5.41) is 9.66. The normalized spacial score (nSPS) is 11.5. The van der Waals surface area contributed by atoms with Gasteiger partial charge in [-0.1, -0.05) is 11.6 Å². The van der Waals surface area contributed by atoms with Crippen LogP contribution in [0, 0.1) is 10.1 Å². The number of non-ortho nitro benzene ring substituents is 1. The van der Waals surface area contributed by atoms with Gasteiger partial charge in [0.2, 0.25) is 0 Å². The highest BCUT2D eigenvalue weighted by atomic mass is 35.5. The second-order valence-corrected chi connectivity index (χ2v) is 3.44. The maximum Gasteiger partial charge on any atom is 0.418 e. The van der Waals surface area contributed by atoms with Crippen LogP contribution in [0.15, 0.2) is 17.0 Å². The van der Waals surface area contributed by atoms with E-state index in [1.165, 1.54) is 0 Å². The minimum atomic E-state index is -4.74. The third-order valence-corrected chi connectivity index (χ3v) is 2.45. The van der Waals surface area contributed by atoms with Crippen molar-refractivity contribution in [3.8, 4) is 0 Å². The predicted octanol–water partition coefficient (Wildman–Crippen LogP) is 3.56. The molecule has 0 N–H and O–H groups in total. The van der Waals surface area contributed by atoms with Crippen LogP contribution in [-0.2, 0) is 6.18 Å². The molecule has 0 aliphatic heterocycles. The minimum absolute atomic E-state index is 0.279. The van der Waals surface area contributed by atoms with Crippen LogP contribution in [0.2, 0.25) is 5.02 Å². The van der Waals surface area contributed by atoms with Crippen molar-refractivity contribution in [2.75, 3.05) is 0 Å². The van der Waals surface area contributed by atoms with Crippen molar-refractivity contribution in [1.82, 2.24) is 0 Å². The van der Waals surface area contributed by atoms with E-state index in [1.807, 2.05) is 0 Å². The fourth-order valence-corrected chi connectivity index (χ4v) is 1.37. The molecule has 0 aliphatic rings. The molecule has 15 heavy (non-hydrogen) atoms. The number of benzene rings is 1. The maximum atomic E-state index is 12.3. The van der Waals surface area contributed by atoms with Crippen molar-refractivity contribution in [3.05, 3.63) is 32.8 Å². The summed E-state index contributed by atoms with van der Waals surface area (Å²) in [5.41, 5.74) is -1.96. The number of rotatable bonds is 1. The molecule has 3 nitrogen and oxygen atoms in total. The Kier molecular flexibility index (Phi) is 3.15. The Morgan fingerprint density at radius 2 is 1.93 bits per heavy atom. The molecular formula is C7H3ClF3NO2S. The summed E-state index contributed by atoms with van der Waals surface area (Å²) in [6, 6.07) is 1.24. The van der Waals surface area contributed by atoms with Crippen molar-refractivity contribution in [2.45, 2.75) is 11.1 Å². The molecule has 1 aromatic rings. The lowest BCUT2D eigenvalue weighted by molar-refractivity contribution is -0.385. The monoisotopic (exact) mass is 257 g/mol. The first-order valence-electron chi connectivity index (χ1n) is 3.47. The standard InChI is InChI=1S/C7H3ClF3NO2S/c8-6-4(7(9,10)11)1-3(12(13)14)2-5(6)15/h1-2,15H. The largest absolute Gasteiger partial charge is 0.418 e. The van der Waals surface area contributed by atoms with Gasteiger partial charge in [-0.15, -0.1) is 12.6 Å². The molecule has 1 aromatic carbocycles. The van der Waals surface area contributed by atoms with Gasteiger partial charge in [0.1, 0.15) is 0 Å². The van der Waals surface area contributed by atoms with Crippen LogP contribution in [-0.4, -0.2) is 4.92 Å². The topological polar surface area (TPSA) is 43.1 Å². The zero-order valence-corrected chi connectivity index (χ0v) is 8.53. The zero-order valence-electron chi connectivity index (χ0n) is 6.88. The number of thiol groups is 1. The zero-order chi connectivity index (χ0) is 11.8. The first-order chi connectivity index (χ1) is 6.73. The highest BCUT2D eigenvalue weighted by Crippen LogP contribution is 2.39. The van der Waals surface area contributed by atoms with Crippen molar-refractivity contribution >= 4 is 29.9 Å².